The molecule has 2 aromatic rings. The standard InChI is InChI=1S/C18H22N2O2/c1-14-10-11-16(22-18(21)19-2)12-17(14)20(3,4)13-15-8-6-5-7-9-15/h5-12H,13H2,1-4H3/p+1. The number of rotatable bonds is 4. The molecule has 0 radical (unpaired) electrons. The highest BCUT2D eigenvalue weighted by Crippen LogP contribution is 2.30. The first kappa shape index (κ1) is 16.0. The van der Waals surface area contributed by atoms with E-state index in [0.717, 1.165) is 12.2 Å². The number of amides is 1. The summed E-state index contributed by atoms with van der Waals surface area (Å²) < 4.78 is 5.93. The van der Waals surface area contributed by atoms with E-state index in [1.54, 1.807) is 7.05 Å². The number of aryl methyl sites for hydroxylation is 1. The van der Waals surface area contributed by atoms with Gasteiger partial charge < -0.3 is 10.1 Å². The van der Waals surface area contributed by atoms with Crippen molar-refractivity contribution >= 4 is 11.8 Å². The second-order valence-electron chi connectivity index (χ2n) is 5.92. The Morgan fingerprint density at radius 2 is 1.82 bits per heavy atom. The van der Waals surface area contributed by atoms with Gasteiger partial charge in [-0.3, -0.25) is 4.48 Å². The maximum atomic E-state index is 11.4. The summed E-state index contributed by atoms with van der Waals surface area (Å²) >= 11 is 0. The van der Waals surface area contributed by atoms with Crippen molar-refractivity contribution in [2.45, 2.75) is 13.5 Å². The maximum Gasteiger partial charge on any atom is 0.412 e. The normalized spacial score (nSPS) is 11.1. The van der Waals surface area contributed by atoms with Gasteiger partial charge in [0.1, 0.15) is 18.0 Å². The Balaban J connectivity index is 2.29. The molecule has 0 saturated carbocycles. The van der Waals surface area contributed by atoms with E-state index >= 15 is 0 Å². The van der Waals surface area contributed by atoms with E-state index in [4.69, 9.17) is 4.74 Å². The van der Waals surface area contributed by atoms with E-state index < -0.39 is 6.09 Å². The molecule has 1 amide bonds. The predicted molar refractivity (Wildman–Crippen MR) is 90.1 cm³/mol. The van der Waals surface area contributed by atoms with Gasteiger partial charge in [-0.15, -0.1) is 0 Å². The zero-order valence-corrected chi connectivity index (χ0v) is 13.6. The molecule has 0 aliphatic carbocycles. The summed E-state index contributed by atoms with van der Waals surface area (Å²) in [5, 5.41) is 2.46. The summed E-state index contributed by atoms with van der Waals surface area (Å²) in [5.74, 6) is 0.555. The molecular weight excluding hydrogens is 276 g/mol. The van der Waals surface area contributed by atoms with Crippen molar-refractivity contribution in [2.75, 3.05) is 21.1 Å². The van der Waals surface area contributed by atoms with E-state index in [0.29, 0.717) is 10.2 Å². The molecule has 4 nitrogen and oxygen atoms in total. The summed E-state index contributed by atoms with van der Waals surface area (Å²) in [6.45, 7) is 2.94. The van der Waals surface area contributed by atoms with Gasteiger partial charge in [0.2, 0.25) is 0 Å². The molecule has 0 atom stereocenters. The number of carbonyl (C=O) groups is 1. The molecule has 0 saturated heterocycles. The molecule has 0 fully saturated rings. The molecule has 1 N–H and O–H groups in total. The monoisotopic (exact) mass is 299 g/mol. The van der Waals surface area contributed by atoms with Crippen molar-refractivity contribution in [1.29, 1.82) is 0 Å². The van der Waals surface area contributed by atoms with E-state index in [9.17, 15) is 4.79 Å². The van der Waals surface area contributed by atoms with Crippen LogP contribution in [0.25, 0.3) is 0 Å². The molecule has 22 heavy (non-hydrogen) atoms. The van der Waals surface area contributed by atoms with Gasteiger partial charge in [0, 0.05) is 24.2 Å². The van der Waals surface area contributed by atoms with Crippen molar-refractivity contribution in [3.05, 3.63) is 59.7 Å². The van der Waals surface area contributed by atoms with Gasteiger partial charge in [0.25, 0.3) is 0 Å². The zero-order chi connectivity index (χ0) is 16.2. The molecule has 4 heteroatoms. The average Bonchev–Trinajstić information content (AvgIpc) is 2.49. The van der Waals surface area contributed by atoms with Crippen LogP contribution in [-0.4, -0.2) is 27.2 Å². The molecule has 0 unspecified atom stereocenters. The second kappa shape index (κ2) is 6.62. The van der Waals surface area contributed by atoms with Gasteiger partial charge in [0.05, 0.1) is 14.1 Å². The molecular formula is C18H23N2O2+. The summed E-state index contributed by atoms with van der Waals surface area (Å²) in [6, 6.07) is 16.1. The van der Waals surface area contributed by atoms with E-state index in [1.807, 2.05) is 36.4 Å². The number of carbonyl (C=O) groups excluding carboxylic acids is 1. The van der Waals surface area contributed by atoms with Crippen molar-refractivity contribution < 1.29 is 9.53 Å². The fourth-order valence-electron chi connectivity index (χ4n) is 2.59. The summed E-state index contributed by atoms with van der Waals surface area (Å²) in [4.78, 5) is 11.4. The Labute approximate surface area is 131 Å². The highest BCUT2D eigenvalue weighted by molar-refractivity contribution is 5.70. The lowest BCUT2D eigenvalue weighted by atomic mass is 10.1. The fraction of sp³-hybridized carbons (Fsp3) is 0.278. The first-order valence-corrected chi connectivity index (χ1v) is 7.30. The highest BCUT2D eigenvalue weighted by atomic mass is 16.5. The van der Waals surface area contributed by atoms with Crippen LogP contribution < -0.4 is 14.5 Å². The third-order valence-electron chi connectivity index (χ3n) is 3.67. The number of benzene rings is 2. The summed E-state index contributed by atoms with van der Waals surface area (Å²) in [5.41, 5.74) is 3.57. The number of quaternary nitrogens is 1. The molecule has 0 aromatic heterocycles. The first-order chi connectivity index (χ1) is 10.4. The molecule has 0 spiro atoms. The Morgan fingerprint density at radius 3 is 2.45 bits per heavy atom. The van der Waals surface area contributed by atoms with Gasteiger partial charge >= 0.3 is 6.09 Å². The predicted octanol–water partition coefficient (Wildman–Crippen LogP) is 3.48. The third-order valence-corrected chi connectivity index (χ3v) is 3.67. The minimum absolute atomic E-state index is 0.455. The lowest BCUT2D eigenvalue weighted by Crippen LogP contribution is -2.40. The Morgan fingerprint density at radius 1 is 1.14 bits per heavy atom. The minimum Gasteiger partial charge on any atom is -0.410 e. The van der Waals surface area contributed by atoms with Gasteiger partial charge in [-0.25, -0.2) is 4.79 Å². The van der Waals surface area contributed by atoms with Crippen molar-refractivity contribution in [3.63, 3.8) is 0 Å². The third kappa shape index (κ3) is 3.86. The maximum absolute atomic E-state index is 11.4. The second-order valence-corrected chi connectivity index (χ2v) is 5.92. The lowest BCUT2D eigenvalue weighted by molar-refractivity contribution is 0.203. The molecule has 116 valence electrons. The Hall–Kier alpha value is -2.33. The van der Waals surface area contributed by atoms with Crippen LogP contribution in [0.3, 0.4) is 0 Å². The number of ether oxygens (including phenoxy) is 1. The van der Waals surface area contributed by atoms with Crippen LogP contribution in [0.4, 0.5) is 10.5 Å². The number of hydrogen-bond donors (Lipinski definition) is 1. The van der Waals surface area contributed by atoms with Crippen LogP contribution >= 0.6 is 0 Å². The van der Waals surface area contributed by atoms with Gasteiger partial charge in [0.15, 0.2) is 0 Å². The molecule has 0 aliphatic rings. The van der Waals surface area contributed by atoms with E-state index in [-0.39, 0.29) is 0 Å². The average molecular weight is 299 g/mol. The van der Waals surface area contributed by atoms with Crippen molar-refractivity contribution in [2.24, 2.45) is 0 Å². The minimum atomic E-state index is -0.455. The van der Waals surface area contributed by atoms with Crippen LogP contribution in [0.5, 0.6) is 5.75 Å². The molecule has 0 heterocycles. The number of nitrogens with zero attached hydrogens (tertiary/aromatic N) is 1. The molecule has 2 rings (SSSR count). The van der Waals surface area contributed by atoms with Crippen LogP contribution in [0.2, 0.25) is 0 Å². The molecule has 0 bridgehead atoms. The Bertz CT molecular complexity index is 651. The number of nitrogens with one attached hydrogen (secondary N) is 1. The largest absolute Gasteiger partial charge is 0.412 e. The smallest absolute Gasteiger partial charge is 0.410 e. The molecule has 2 aromatic carbocycles. The van der Waals surface area contributed by atoms with Crippen LogP contribution in [0.15, 0.2) is 48.5 Å². The van der Waals surface area contributed by atoms with Crippen LogP contribution in [-0.2, 0) is 6.54 Å². The van der Waals surface area contributed by atoms with Crippen molar-refractivity contribution in [3.8, 4) is 5.75 Å². The topological polar surface area (TPSA) is 38.3 Å². The highest BCUT2D eigenvalue weighted by Gasteiger charge is 2.23. The van der Waals surface area contributed by atoms with Gasteiger partial charge in [-0.05, 0) is 19.1 Å². The van der Waals surface area contributed by atoms with E-state index in [1.165, 1.54) is 11.1 Å². The molecule has 0 aliphatic heterocycles. The number of hydrogen-bond acceptors (Lipinski definition) is 2. The SMILES string of the molecule is CNC(=O)Oc1ccc(C)c([N+](C)(C)Cc2ccccc2)c1. The van der Waals surface area contributed by atoms with Crippen LogP contribution in [0, 0.1) is 6.92 Å². The fourth-order valence-corrected chi connectivity index (χ4v) is 2.59. The quantitative estimate of drug-likeness (QED) is 0.878. The van der Waals surface area contributed by atoms with Gasteiger partial charge in [-0.2, -0.15) is 0 Å². The zero-order valence-electron chi connectivity index (χ0n) is 13.6. The Kier molecular flexibility index (Phi) is 4.83. The van der Waals surface area contributed by atoms with Crippen molar-refractivity contribution in [1.82, 2.24) is 9.80 Å². The summed E-state index contributed by atoms with van der Waals surface area (Å²) in [6.07, 6.45) is -0.455. The van der Waals surface area contributed by atoms with Gasteiger partial charge in [-0.1, -0.05) is 30.3 Å². The van der Waals surface area contributed by atoms with Crippen LogP contribution in [0.1, 0.15) is 11.1 Å². The summed E-state index contributed by atoms with van der Waals surface area (Å²) in [7, 11) is 5.85. The first-order valence-electron chi connectivity index (χ1n) is 7.30. The lowest BCUT2D eigenvalue weighted by Gasteiger charge is -2.31. The van der Waals surface area contributed by atoms with E-state index in [2.05, 4.69) is 38.5 Å².